The SMILES string of the molecule is COc1c(CNC(=O)CN)cc(C)cc1C(C)(C)C. The van der Waals surface area contributed by atoms with Gasteiger partial charge in [-0.1, -0.05) is 38.5 Å². The number of benzene rings is 1. The van der Waals surface area contributed by atoms with Crippen molar-refractivity contribution in [3.8, 4) is 5.75 Å². The summed E-state index contributed by atoms with van der Waals surface area (Å²) in [7, 11) is 1.66. The van der Waals surface area contributed by atoms with Crippen LogP contribution in [0.4, 0.5) is 0 Å². The maximum Gasteiger partial charge on any atom is 0.234 e. The van der Waals surface area contributed by atoms with Crippen LogP contribution in [0.2, 0.25) is 0 Å². The van der Waals surface area contributed by atoms with E-state index in [1.165, 1.54) is 0 Å². The topological polar surface area (TPSA) is 64.3 Å². The highest BCUT2D eigenvalue weighted by Gasteiger charge is 2.21. The number of ether oxygens (including phenoxy) is 1. The van der Waals surface area contributed by atoms with E-state index in [1.54, 1.807) is 7.11 Å². The summed E-state index contributed by atoms with van der Waals surface area (Å²) in [6.07, 6.45) is 0. The van der Waals surface area contributed by atoms with Crippen LogP contribution >= 0.6 is 0 Å². The van der Waals surface area contributed by atoms with Gasteiger partial charge in [-0.3, -0.25) is 4.79 Å². The molecule has 0 aliphatic heterocycles. The van der Waals surface area contributed by atoms with E-state index >= 15 is 0 Å². The van der Waals surface area contributed by atoms with E-state index in [0.717, 1.165) is 22.4 Å². The van der Waals surface area contributed by atoms with Crippen LogP contribution < -0.4 is 15.8 Å². The Hall–Kier alpha value is -1.55. The third-order valence-electron chi connectivity index (χ3n) is 2.98. The second-order valence-corrected chi connectivity index (χ2v) is 5.74. The molecule has 0 atom stereocenters. The number of hydrogen-bond donors (Lipinski definition) is 2. The molecule has 0 heterocycles. The molecular weight excluding hydrogens is 240 g/mol. The van der Waals surface area contributed by atoms with E-state index in [0.29, 0.717) is 6.54 Å². The Morgan fingerprint density at radius 1 is 1.37 bits per heavy atom. The Balaban J connectivity index is 3.16. The van der Waals surface area contributed by atoms with Crippen molar-refractivity contribution in [2.75, 3.05) is 13.7 Å². The van der Waals surface area contributed by atoms with Gasteiger partial charge in [-0.25, -0.2) is 0 Å². The Morgan fingerprint density at radius 2 is 2.00 bits per heavy atom. The molecule has 4 heteroatoms. The minimum Gasteiger partial charge on any atom is -0.496 e. The van der Waals surface area contributed by atoms with Gasteiger partial charge in [0.1, 0.15) is 5.75 Å². The van der Waals surface area contributed by atoms with Crippen molar-refractivity contribution in [3.63, 3.8) is 0 Å². The predicted molar refractivity (Wildman–Crippen MR) is 77.3 cm³/mol. The minimum atomic E-state index is -0.166. The third kappa shape index (κ3) is 3.96. The van der Waals surface area contributed by atoms with E-state index in [-0.39, 0.29) is 17.9 Å². The molecule has 106 valence electrons. The van der Waals surface area contributed by atoms with Crippen LogP contribution in [0.3, 0.4) is 0 Å². The molecule has 1 aromatic rings. The van der Waals surface area contributed by atoms with Gasteiger partial charge in [-0.2, -0.15) is 0 Å². The van der Waals surface area contributed by atoms with Gasteiger partial charge in [0.15, 0.2) is 0 Å². The first-order chi connectivity index (χ1) is 8.79. The number of rotatable bonds is 4. The normalized spacial score (nSPS) is 11.3. The maximum atomic E-state index is 11.3. The van der Waals surface area contributed by atoms with Gasteiger partial charge in [-0.05, 0) is 12.3 Å². The summed E-state index contributed by atoms with van der Waals surface area (Å²) in [5, 5.41) is 2.79. The van der Waals surface area contributed by atoms with Crippen LogP contribution in [0.15, 0.2) is 12.1 Å². The fourth-order valence-corrected chi connectivity index (χ4v) is 2.04. The van der Waals surface area contributed by atoms with Crippen LogP contribution in [0.1, 0.15) is 37.5 Å². The molecule has 1 aromatic carbocycles. The Bertz CT molecular complexity index is 462. The van der Waals surface area contributed by atoms with Crippen molar-refractivity contribution in [3.05, 3.63) is 28.8 Å². The van der Waals surface area contributed by atoms with Crippen molar-refractivity contribution in [1.82, 2.24) is 5.32 Å². The van der Waals surface area contributed by atoms with Gasteiger partial charge in [0.2, 0.25) is 5.91 Å². The first-order valence-corrected chi connectivity index (χ1v) is 6.44. The summed E-state index contributed by atoms with van der Waals surface area (Å²) >= 11 is 0. The lowest BCUT2D eigenvalue weighted by molar-refractivity contribution is -0.119. The third-order valence-corrected chi connectivity index (χ3v) is 2.98. The number of amides is 1. The molecule has 0 fully saturated rings. The quantitative estimate of drug-likeness (QED) is 0.872. The van der Waals surface area contributed by atoms with Crippen LogP contribution in [0.5, 0.6) is 5.75 Å². The first-order valence-electron chi connectivity index (χ1n) is 6.44. The number of nitrogens with two attached hydrogens (primary N) is 1. The summed E-state index contributed by atoms with van der Waals surface area (Å²) in [5.41, 5.74) is 8.56. The second kappa shape index (κ2) is 6.06. The highest BCUT2D eigenvalue weighted by Crippen LogP contribution is 2.35. The molecule has 3 N–H and O–H groups in total. The lowest BCUT2D eigenvalue weighted by atomic mass is 9.84. The zero-order valence-corrected chi connectivity index (χ0v) is 12.5. The zero-order valence-electron chi connectivity index (χ0n) is 12.5. The van der Waals surface area contributed by atoms with Crippen molar-refractivity contribution in [1.29, 1.82) is 0 Å². The largest absolute Gasteiger partial charge is 0.496 e. The number of aryl methyl sites for hydroxylation is 1. The summed E-state index contributed by atoms with van der Waals surface area (Å²) in [5.74, 6) is 0.677. The fourth-order valence-electron chi connectivity index (χ4n) is 2.04. The summed E-state index contributed by atoms with van der Waals surface area (Å²) in [4.78, 5) is 11.3. The smallest absolute Gasteiger partial charge is 0.234 e. The fraction of sp³-hybridized carbons (Fsp3) is 0.533. The molecule has 0 aromatic heterocycles. The number of carbonyl (C=O) groups is 1. The van der Waals surface area contributed by atoms with Crippen molar-refractivity contribution in [2.45, 2.75) is 39.7 Å². The Kier molecular flexibility index (Phi) is 4.95. The van der Waals surface area contributed by atoms with Crippen LogP contribution in [0, 0.1) is 6.92 Å². The zero-order chi connectivity index (χ0) is 14.6. The summed E-state index contributed by atoms with van der Waals surface area (Å²) < 4.78 is 5.54. The van der Waals surface area contributed by atoms with Gasteiger partial charge in [0, 0.05) is 17.7 Å². The molecule has 0 saturated carbocycles. The maximum absolute atomic E-state index is 11.3. The van der Waals surface area contributed by atoms with E-state index in [4.69, 9.17) is 10.5 Å². The molecule has 1 rings (SSSR count). The summed E-state index contributed by atoms with van der Waals surface area (Å²) in [6, 6.07) is 4.16. The van der Waals surface area contributed by atoms with Gasteiger partial charge in [-0.15, -0.1) is 0 Å². The highest BCUT2D eigenvalue weighted by atomic mass is 16.5. The molecule has 0 aliphatic rings. The molecule has 1 amide bonds. The van der Waals surface area contributed by atoms with Crippen molar-refractivity contribution < 1.29 is 9.53 Å². The van der Waals surface area contributed by atoms with Gasteiger partial charge >= 0.3 is 0 Å². The molecule has 0 saturated heterocycles. The molecule has 0 spiro atoms. The van der Waals surface area contributed by atoms with Gasteiger partial charge in [0.25, 0.3) is 0 Å². The first kappa shape index (κ1) is 15.5. The lowest BCUT2D eigenvalue weighted by Gasteiger charge is -2.25. The van der Waals surface area contributed by atoms with Gasteiger partial charge < -0.3 is 15.8 Å². The lowest BCUT2D eigenvalue weighted by Crippen LogP contribution is -2.30. The summed E-state index contributed by atoms with van der Waals surface area (Å²) in [6.45, 7) is 8.92. The minimum absolute atomic E-state index is 0.000257. The molecule has 0 radical (unpaired) electrons. The Labute approximate surface area is 115 Å². The van der Waals surface area contributed by atoms with E-state index in [2.05, 4.69) is 32.2 Å². The van der Waals surface area contributed by atoms with Crippen LogP contribution in [-0.4, -0.2) is 19.6 Å². The van der Waals surface area contributed by atoms with Crippen molar-refractivity contribution >= 4 is 5.91 Å². The number of carbonyl (C=O) groups excluding carboxylic acids is 1. The number of methoxy groups -OCH3 is 1. The average molecular weight is 264 g/mol. The van der Waals surface area contributed by atoms with E-state index < -0.39 is 0 Å². The van der Waals surface area contributed by atoms with E-state index in [9.17, 15) is 4.79 Å². The van der Waals surface area contributed by atoms with Crippen LogP contribution in [0.25, 0.3) is 0 Å². The monoisotopic (exact) mass is 264 g/mol. The Morgan fingerprint density at radius 3 is 2.47 bits per heavy atom. The predicted octanol–water partition coefficient (Wildman–Crippen LogP) is 1.88. The van der Waals surface area contributed by atoms with Gasteiger partial charge in [0.05, 0.1) is 13.7 Å². The molecule has 0 bridgehead atoms. The van der Waals surface area contributed by atoms with Crippen LogP contribution in [-0.2, 0) is 16.8 Å². The molecule has 19 heavy (non-hydrogen) atoms. The van der Waals surface area contributed by atoms with Crippen molar-refractivity contribution in [2.24, 2.45) is 5.73 Å². The second-order valence-electron chi connectivity index (χ2n) is 5.74. The average Bonchev–Trinajstić information content (AvgIpc) is 2.34. The molecule has 0 unspecified atom stereocenters. The van der Waals surface area contributed by atoms with E-state index in [1.807, 2.05) is 13.0 Å². The highest BCUT2D eigenvalue weighted by molar-refractivity contribution is 5.77. The molecule has 4 nitrogen and oxygen atoms in total. The standard InChI is InChI=1S/C15H24N2O2/c1-10-6-11(9-17-13(18)8-16)14(19-5)12(7-10)15(2,3)4/h6-7H,8-9,16H2,1-5H3,(H,17,18). The number of hydrogen-bond acceptors (Lipinski definition) is 3. The number of nitrogens with one attached hydrogen (secondary N) is 1. The molecular formula is C15H24N2O2. The molecule has 0 aliphatic carbocycles.